The van der Waals surface area contributed by atoms with Crippen LogP contribution in [-0.2, 0) is 9.53 Å². The molecule has 2 atom stereocenters. The first kappa shape index (κ1) is 11.9. The zero-order valence-corrected chi connectivity index (χ0v) is 11.5. The molecule has 1 aliphatic heterocycles. The fourth-order valence-electron chi connectivity index (χ4n) is 0.823. The molecule has 1 aliphatic rings. The van der Waals surface area contributed by atoms with Crippen molar-refractivity contribution in [3.8, 4) is 0 Å². The number of nitrogens with one attached hydrogen (secondary N) is 1. The van der Waals surface area contributed by atoms with Crippen LogP contribution >= 0.6 is 22.6 Å². The summed E-state index contributed by atoms with van der Waals surface area (Å²) in [7, 11) is 0. The third-order valence-corrected chi connectivity index (χ3v) is 5.52. The molecule has 1 saturated heterocycles. The second-order valence-corrected chi connectivity index (χ2v) is 7.39. The number of aliphatic hydroxyl groups is 1. The Morgan fingerprint density at radius 3 is 2.92 bits per heavy atom. The minimum absolute atomic E-state index is 0.0964. The van der Waals surface area contributed by atoms with Gasteiger partial charge in [-0.1, -0.05) is 0 Å². The van der Waals surface area contributed by atoms with Crippen LogP contribution in [0.4, 0.5) is 0 Å². The van der Waals surface area contributed by atoms with Crippen LogP contribution in [-0.4, -0.2) is 38.2 Å². The summed E-state index contributed by atoms with van der Waals surface area (Å²) in [6, 6.07) is 0.257. The molecule has 0 aromatic rings. The summed E-state index contributed by atoms with van der Waals surface area (Å²) in [6.07, 6.45) is 0. The summed E-state index contributed by atoms with van der Waals surface area (Å²) in [4.78, 5) is 11.5. The van der Waals surface area contributed by atoms with Gasteiger partial charge in [-0.3, -0.25) is 0 Å². The first-order chi connectivity index (χ1) is 6.09. The molecule has 0 radical (unpaired) electrons. The monoisotopic (exact) mass is 412 g/mol. The van der Waals surface area contributed by atoms with Crippen molar-refractivity contribution < 1.29 is 36.1 Å². The SMILES string of the molecule is CC(I)(C(=O)OCCO)C1C[I-]N1. The Bertz CT molecular complexity index is 194. The first-order valence-corrected chi connectivity index (χ1v) is 7.58. The van der Waals surface area contributed by atoms with Gasteiger partial charge < -0.3 is 0 Å². The van der Waals surface area contributed by atoms with Crippen molar-refractivity contribution >= 4 is 28.6 Å². The number of aliphatic hydroxyl groups excluding tert-OH is 1. The quantitative estimate of drug-likeness (QED) is 0.220. The van der Waals surface area contributed by atoms with Gasteiger partial charge in [-0.15, -0.1) is 0 Å². The molecule has 1 rings (SSSR count). The van der Waals surface area contributed by atoms with Gasteiger partial charge in [-0.05, 0) is 0 Å². The van der Waals surface area contributed by atoms with Crippen molar-refractivity contribution in [1.29, 1.82) is 0 Å². The van der Waals surface area contributed by atoms with Gasteiger partial charge >= 0.3 is 102 Å². The molecular formula is C7H12I2NO3-. The fraction of sp³-hybridized carbons (Fsp3) is 0.857. The van der Waals surface area contributed by atoms with E-state index in [1.807, 2.05) is 6.92 Å². The van der Waals surface area contributed by atoms with Crippen molar-refractivity contribution in [3.63, 3.8) is 0 Å². The van der Waals surface area contributed by atoms with Gasteiger partial charge in [0.15, 0.2) is 0 Å². The van der Waals surface area contributed by atoms with E-state index in [-0.39, 0.29) is 46.7 Å². The van der Waals surface area contributed by atoms with Gasteiger partial charge in [0.2, 0.25) is 0 Å². The topological polar surface area (TPSA) is 58.6 Å². The Hall–Kier alpha value is 0.850. The van der Waals surface area contributed by atoms with Crippen LogP contribution in [0.25, 0.3) is 0 Å². The molecule has 4 nitrogen and oxygen atoms in total. The summed E-state index contributed by atoms with van der Waals surface area (Å²) in [5.74, 6) is -0.233. The van der Waals surface area contributed by atoms with Crippen LogP contribution in [0.3, 0.4) is 0 Å². The van der Waals surface area contributed by atoms with Crippen molar-refractivity contribution in [1.82, 2.24) is 3.53 Å². The zero-order valence-electron chi connectivity index (χ0n) is 7.22. The molecule has 2 N–H and O–H groups in total. The molecule has 13 heavy (non-hydrogen) atoms. The van der Waals surface area contributed by atoms with E-state index in [9.17, 15) is 4.79 Å². The third-order valence-electron chi connectivity index (χ3n) is 1.82. The van der Waals surface area contributed by atoms with Crippen molar-refractivity contribution in [3.05, 3.63) is 0 Å². The summed E-state index contributed by atoms with van der Waals surface area (Å²) in [5, 5.41) is 8.50. The van der Waals surface area contributed by atoms with Crippen molar-refractivity contribution in [2.45, 2.75) is 16.4 Å². The van der Waals surface area contributed by atoms with Crippen LogP contribution in [0, 0.1) is 0 Å². The number of rotatable bonds is 4. The molecular weight excluding hydrogens is 400 g/mol. The van der Waals surface area contributed by atoms with Gasteiger partial charge in [0.1, 0.15) is 0 Å². The van der Waals surface area contributed by atoms with Crippen molar-refractivity contribution in [2.24, 2.45) is 0 Å². The molecule has 0 saturated carbocycles. The van der Waals surface area contributed by atoms with Crippen LogP contribution in [0.15, 0.2) is 0 Å². The van der Waals surface area contributed by atoms with E-state index in [2.05, 4.69) is 26.1 Å². The van der Waals surface area contributed by atoms with Gasteiger partial charge in [-0.25, -0.2) is 0 Å². The molecule has 0 spiro atoms. The third kappa shape index (κ3) is 2.90. The van der Waals surface area contributed by atoms with Crippen LogP contribution in [0.5, 0.6) is 0 Å². The minimum atomic E-state index is -0.481. The number of halogens is 2. The average Bonchev–Trinajstić information content (AvgIpc) is 1.95. The zero-order chi connectivity index (χ0) is 9.90. The Balaban J connectivity index is 2.42. The van der Waals surface area contributed by atoms with Crippen molar-refractivity contribution in [2.75, 3.05) is 17.6 Å². The van der Waals surface area contributed by atoms with E-state index in [1.165, 1.54) is 0 Å². The standard InChI is InChI=1S/C7H12I2NO3/c1-7(8,5-4-9-10-5)6(12)13-3-2-11/h5,10-11H,2-4H2,1H3/q-1. The number of alkyl halides is 2. The second-order valence-electron chi connectivity index (χ2n) is 2.88. The van der Waals surface area contributed by atoms with Gasteiger partial charge in [0.25, 0.3) is 0 Å². The fourth-order valence-corrected chi connectivity index (χ4v) is 5.18. The maximum absolute atomic E-state index is 11.5. The van der Waals surface area contributed by atoms with Gasteiger partial charge in [0.05, 0.1) is 0 Å². The van der Waals surface area contributed by atoms with Crippen LogP contribution in [0.2, 0.25) is 0 Å². The Kier molecular flexibility index (Phi) is 4.66. The molecule has 78 valence electrons. The van der Waals surface area contributed by atoms with E-state index in [0.717, 1.165) is 4.43 Å². The van der Waals surface area contributed by atoms with Crippen LogP contribution < -0.4 is 25.0 Å². The maximum atomic E-state index is 11.5. The summed E-state index contributed by atoms with van der Waals surface area (Å²) < 4.78 is 8.81. The van der Waals surface area contributed by atoms with Crippen LogP contribution in [0.1, 0.15) is 6.92 Å². The molecule has 0 aliphatic carbocycles. The number of ether oxygens (including phenoxy) is 1. The summed E-state index contributed by atoms with van der Waals surface area (Å²) >= 11 is 2.25. The molecule has 2 unspecified atom stereocenters. The number of hydrogen-bond acceptors (Lipinski definition) is 4. The number of carbonyl (C=O) groups is 1. The molecule has 0 aromatic carbocycles. The number of carbonyl (C=O) groups excluding carboxylic acids is 1. The Morgan fingerprint density at radius 2 is 2.54 bits per heavy atom. The van der Waals surface area contributed by atoms with Gasteiger partial charge in [0, 0.05) is 0 Å². The average molecular weight is 412 g/mol. The molecule has 1 fully saturated rings. The van der Waals surface area contributed by atoms with Gasteiger partial charge in [-0.2, -0.15) is 0 Å². The molecule has 0 amide bonds. The number of esters is 1. The predicted octanol–water partition coefficient (Wildman–Crippen LogP) is -3.31. The van der Waals surface area contributed by atoms with E-state index in [4.69, 9.17) is 9.84 Å². The van der Waals surface area contributed by atoms with E-state index < -0.39 is 3.42 Å². The van der Waals surface area contributed by atoms with E-state index in [0.29, 0.717) is 0 Å². The molecule has 6 heteroatoms. The summed E-state index contributed by atoms with van der Waals surface area (Å²) in [5.41, 5.74) is 0. The number of hydrogen-bond donors (Lipinski definition) is 2. The normalized spacial score (nSPS) is 26.5. The Morgan fingerprint density at radius 1 is 1.92 bits per heavy atom. The van der Waals surface area contributed by atoms with E-state index in [1.54, 1.807) is 0 Å². The molecule has 0 bridgehead atoms. The Labute approximate surface area is 102 Å². The van der Waals surface area contributed by atoms with E-state index >= 15 is 0 Å². The predicted molar refractivity (Wildman–Crippen MR) is 52.3 cm³/mol. The molecule has 1 heterocycles. The summed E-state index contributed by atoms with van der Waals surface area (Å²) in [6.45, 7) is 1.86. The second kappa shape index (κ2) is 5.08. The molecule has 0 aromatic heterocycles. The first-order valence-electron chi connectivity index (χ1n) is 3.89.